The maximum atomic E-state index is 11.8. The normalized spacial score (nSPS) is 9.38. The number of rotatable bonds is 6. The molecule has 1 aromatic heterocycles. The van der Waals surface area contributed by atoms with Crippen LogP contribution < -0.4 is 5.46 Å². The van der Waals surface area contributed by atoms with Crippen LogP contribution in [0.1, 0.15) is 75.6 Å². The van der Waals surface area contributed by atoms with Gasteiger partial charge in [-0.05, 0) is 36.5 Å². The summed E-state index contributed by atoms with van der Waals surface area (Å²) >= 11 is 0. The number of carbonyl (C=O) groups excluding carboxylic acids is 1. The predicted molar refractivity (Wildman–Crippen MR) is 151 cm³/mol. The Balaban J connectivity index is 0.000000894. The Labute approximate surface area is 207 Å². The summed E-state index contributed by atoms with van der Waals surface area (Å²) < 4.78 is 0. The second-order valence-electron chi connectivity index (χ2n) is 7.04. The van der Waals surface area contributed by atoms with Crippen LogP contribution in [0.4, 0.5) is 0 Å². The van der Waals surface area contributed by atoms with Crippen molar-refractivity contribution < 1.29 is 4.79 Å². The van der Waals surface area contributed by atoms with Crippen molar-refractivity contribution in [3.8, 4) is 0 Å². The fourth-order valence-electron chi connectivity index (χ4n) is 3.46. The summed E-state index contributed by atoms with van der Waals surface area (Å²) in [6.07, 6.45) is 1.57. The van der Waals surface area contributed by atoms with E-state index in [4.69, 9.17) is 4.98 Å². The van der Waals surface area contributed by atoms with E-state index in [-0.39, 0.29) is 5.78 Å². The predicted octanol–water partition coefficient (Wildman–Crippen LogP) is 7.64. The van der Waals surface area contributed by atoms with Crippen molar-refractivity contribution in [2.75, 3.05) is 0 Å². The quantitative estimate of drug-likeness (QED) is 0.222. The first kappa shape index (κ1) is 28.8. The molecule has 0 N–H and O–H groups in total. The largest absolute Gasteiger partial charge is 0.295 e. The lowest BCUT2D eigenvalue weighted by Crippen LogP contribution is -2.17. The molecular weight excluding hydrogens is 413 g/mol. The van der Waals surface area contributed by atoms with Gasteiger partial charge in [-0.25, -0.2) is 0 Å². The van der Waals surface area contributed by atoms with Gasteiger partial charge in [-0.2, -0.15) is 0 Å². The van der Waals surface area contributed by atoms with Gasteiger partial charge in [0, 0.05) is 23.1 Å². The molecule has 3 aromatic carbocycles. The molecule has 0 bridgehead atoms. The Hall–Kier alpha value is -3.20. The van der Waals surface area contributed by atoms with E-state index in [0.717, 1.165) is 40.5 Å². The molecule has 0 amide bonds. The Morgan fingerprint density at radius 2 is 1.35 bits per heavy atom. The molecule has 0 saturated heterocycles. The molecule has 34 heavy (non-hydrogen) atoms. The molecule has 2 nitrogen and oxygen atoms in total. The van der Waals surface area contributed by atoms with Crippen molar-refractivity contribution in [3.05, 3.63) is 107 Å². The fourth-order valence-corrected chi connectivity index (χ4v) is 3.46. The Morgan fingerprint density at radius 1 is 0.735 bits per heavy atom. The van der Waals surface area contributed by atoms with E-state index in [2.05, 4.69) is 55.8 Å². The minimum absolute atomic E-state index is 0.113. The van der Waals surface area contributed by atoms with E-state index in [1.54, 1.807) is 6.92 Å². The van der Waals surface area contributed by atoms with Crippen molar-refractivity contribution >= 4 is 29.4 Å². The zero-order valence-corrected chi connectivity index (χ0v) is 21.9. The molecule has 0 atom stereocenters. The number of pyridine rings is 1. The third-order valence-corrected chi connectivity index (χ3v) is 4.98. The highest BCUT2D eigenvalue weighted by atomic mass is 16.1. The maximum Gasteiger partial charge on any atom is 0.160 e. The van der Waals surface area contributed by atoms with Crippen LogP contribution in [0, 0.1) is 0 Å². The minimum atomic E-state index is 0.113. The molecule has 177 valence electrons. The topological polar surface area (TPSA) is 30.0 Å². The number of hydrogen-bond donors (Lipinski definition) is 0. The number of carbonyl (C=O) groups is 1. The van der Waals surface area contributed by atoms with E-state index in [1.165, 1.54) is 10.9 Å². The highest BCUT2D eigenvalue weighted by molar-refractivity contribution is 6.53. The van der Waals surface area contributed by atoms with Gasteiger partial charge in [0.2, 0.25) is 0 Å². The molecule has 0 aliphatic heterocycles. The van der Waals surface area contributed by atoms with E-state index in [1.807, 2.05) is 77.9 Å². The molecule has 0 fully saturated rings. The second kappa shape index (κ2) is 16.4. The van der Waals surface area contributed by atoms with E-state index >= 15 is 0 Å². The molecule has 3 heteroatoms. The van der Waals surface area contributed by atoms with Crippen molar-refractivity contribution in [2.24, 2.45) is 0 Å². The zero-order valence-electron chi connectivity index (χ0n) is 21.9. The average Bonchev–Trinajstić information content (AvgIpc) is 2.92. The summed E-state index contributed by atoms with van der Waals surface area (Å²) in [5.41, 5.74) is 6.38. The maximum absolute atomic E-state index is 11.8. The molecule has 0 aliphatic rings. The van der Waals surface area contributed by atoms with Crippen LogP contribution in [0.25, 0.3) is 10.9 Å². The highest BCUT2D eigenvalue weighted by Crippen LogP contribution is 2.14. The van der Waals surface area contributed by atoms with Gasteiger partial charge in [-0.1, -0.05) is 120 Å². The van der Waals surface area contributed by atoms with Gasteiger partial charge >= 0.3 is 0 Å². The monoisotopic (exact) mass is 452 g/mol. The van der Waals surface area contributed by atoms with Gasteiger partial charge in [0.1, 0.15) is 0 Å². The average molecular weight is 452 g/mol. The van der Waals surface area contributed by atoms with Crippen LogP contribution in [-0.2, 0) is 12.7 Å². The van der Waals surface area contributed by atoms with Crippen molar-refractivity contribution in [2.45, 2.75) is 61.2 Å². The van der Waals surface area contributed by atoms with Crippen molar-refractivity contribution in [1.29, 1.82) is 0 Å². The number of aromatic nitrogens is 1. The summed E-state index contributed by atoms with van der Waals surface area (Å²) in [4.78, 5) is 16.5. The first-order chi connectivity index (χ1) is 16.7. The van der Waals surface area contributed by atoms with Crippen LogP contribution in [0.2, 0.25) is 0 Å². The number of hydrogen-bond acceptors (Lipinski definition) is 2. The SMILES string of the molecule is CC.CC.CC.CC(=O)c1ccccc1C[B]c1ccc(Cc2ccc3ccccc3n2)cc1. The van der Waals surface area contributed by atoms with Crippen molar-refractivity contribution in [3.63, 3.8) is 0 Å². The number of para-hydroxylation sites is 1. The molecule has 0 unspecified atom stereocenters. The Kier molecular flexibility index (Phi) is 13.9. The summed E-state index contributed by atoms with van der Waals surface area (Å²) in [5, 5.41) is 1.17. The number of benzene rings is 3. The van der Waals surface area contributed by atoms with Gasteiger partial charge < -0.3 is 0 Å². The molecule has 0 saturated carbocycles. The van der Waals surface area contributed by atoms with E-state index in [9.17, 15) is 4.79 Å². The number of nitrogens with zero attached hydrogens (tertiary/aromatic N) is 1. The second-order valence-corrected chi connectivity index (χ2v) is 7.04. The van der Waals surface area contributed by atoms with Gasteiger partial charge in [0.25, 0.3) is 0 Å². The lowest BCUT2D eigenvalue weighted by atomic mass is 9.64. The highest BCUT2D eigenvalue weighted by Gasteiger charge is 2.07. The van der Waals surface area contributed by atoms with Crippen LogP contribution in [0.3, 0.4) is 0 Å². The smallest absolute Gasteiger partial charge is 0.160 e. The zero-order chi connectivity index (χ0) is 25.3. The van der Waals surface area contributed by atoms with Gasteiger partial charge in [-0.3, -0.25) is 9.78 Å². The van der Waals surface area contributed by atoms with E-state index < -0.39 is 0 Å². The van der Waals surface area contributed by atoms with Crippen LogP contribution in [0.5, 0.6) is 0 Å². The lowest BCUT2D eigenvalue weighted by Gasteiger charge is -2.07. The van der Waals surface area contributed by atoms with E-state index in [0.29, 0.717) is 0 Å². The Bertz CT molecular complexity index is 1120. The summed E-state index contributed by atoms with van der Waals surface area (Å²) in [6.45, 7) is 13.6. The first-order valence-corrected chi connectivity index (χ1v) is 12.5. The Morgan fingerprint density at radius 3 is 2.03 bits per heavy atom. The first-order valence-electron chi connectivity index (χ1n) is 12.5. The molecular formula is C31H39BNO. The van der Waals surface area contributed by atoms with Gasteiger partial charge in [0.15, 0.2) is 13.1 Å². The van der Waals surface area contributed by atoms with Crippen LogP contribution in [0.15, 0.2) is 84.9 Å². The molecule has 1 heterocycles. The van der Waals surface area contributed by atoms with Crippen molar-refractivity contribution in [1.82, 2.24) is 4.98 Å². The summed E-state index contributed by atoms with van der Waals surface area (Å²) in [5.74, 6) is 0.113. The third-order valence-electron chi connectivity index (χ3n) is 4.98. The molecule has 0 aliphatic carbocycles. The number of fused-ring (bicyclic) bond motifs is 1. The van der Waals surface area contributed by atoms with Crippen LogP contribution in [-0.4, -0.2) is 18.0 Å². The molecule has 0 spiro atoms. The summed E-state index contributed by atoms with van der Waals surface area (Å²) in [6, 6.07) is 28.8. The lowest BCUT2D eigenvalue weighted by molar-refractivity contribution is 0.101. The number of Topliss-reactive ketones (excluding diaryl/α,β-unsaturated/α-hetero) is 1. The number of ketones is 1. The fraction of sp³-hybridized carbons (Fsp3) is 0.290. The molecule has 4 rings (SSSR count). The molecule has 1 radical (unpaired) electrons. The van der Waals surface area contributed by atoms with Gasteiger partial charge in [0.05, 0.1) is 5.52 Å². The van der Waals surface area contributed by atoms with Gasteiger partial charge in [-0.15, -0.1) is 0 Å². The van der Waals surface area contributed by atoms with Crippen LogP contribution >= 0.6 is 0 Å². The summed E-state index contributed by atoms with van der Waals surface area (Å²) in [7, 11) is 2.17. The molecule has 4 aromatic rings. The standard InChI is InChI=1S/C25H21BNO.3C2H6/c1-18(28)24-8-4-2-7-21(24)17-26-22-13-10-19(11-14-22)16-23-15-12-20-6-3-5-9-25(20)27-23;3*1-2/h2-15H,16-17H2,1H3;3*1-2H3. The minimum Gasteiger partial charge on any atom is -0.295 e. The third kappa shape index (κ3) is 8.63.